The van der Waals surface area contributed by atoms with Crippen LogP contribution in [-0.2, 0) is 19.5 Å². The molecule has 1 aliphatic rings. The lowest BCUT2D eigenvalue weighted by atomic mass is 10.0. The van der Waals surface area contributed by atoms with Gasteiger partial charge in [0.1, 0.15) is 0 Å². The van der Waals surface area contributed by atoms with E-state index >= 15 is 0 Å². The number of hydrogen-bond donors (Lipinski definition) is 1. The summed E-state index contributed by atoms with van der Waals surface area (Å²) in [5, 5.41) is 1.36. The van der Waals surface area contributed by atoms with Gasteiger partial charge in [-0.2, -0.15) is 0 Å². The van der Waals surface area contributed by atoms with Gasteiger partial charge in [0, 0.05) is 41.9 Å². The van der Waals surface area contributed by atoms with Crippen LogP contribution in [0.5, 0.6) is 0 Å². The van der Waals surface area contributed by atoms with Gasteiger partial charge >= 0.3 is 0 Å². The standard InChI is InChI=1S/C28H31N3/c1-30-16-8-13-25(30)17-24-19-29-28-15-14-26(18-27(24)28)31(20-22-9-4-2-5-10-22)21-23-11-6-3-7-12-23/h2-7,9-12,14-15,18-19,25,29H,8,13,16-17,20-21H2,1H3/t25-/m0/s1. The quantitative estimate of drug-likeness (QED) is 0.404. The monoisotopic (exact) mass is 409 g/mol. The maximum Gasteiger partial charge on any atom is 0.0458 e. The second-order valence-electron chi connectivity index (χ2n) is 8.85. The van der Waals surface area contributed by atoms with Crippen molar-refractivity contribution in [1.29, 1.82) is 0 Å². The average molecular weight is 410 g/mol. The first-order chi connectivity index (χ1) is 15.3. The molecule has 4 aromatic rings. The van der Waals surface area contributed by atoms with E-state index in [9.17, 15) is 0 Å². The fourth-order valence-corrected chi connectivity index (χ4v) is 4.87. The molecule has 3 nitrogen and oxygen atoms in total. The number of rotatable bonds is 7. The van der Waals surface area contributed by atoms with Crippen molar-refractivity contribution < 1.29 is 0 Å². The predicted octanol–water partition coefficient (Wildman–Crippen LogP) is 6.01. The molecule has 1 fully saturated rings. The minimum atomic E-state index is 0.660. The molecule has 1 aliphatic heterocycles. The van der Waals surface area contributed by atoms with E-state index in [4.69, 9.17) is 0 Å². The number of nitrogens with one attached hydrogen (secondary N) is 1. The van der Waals surface area contributed by atoms with Crippen molar-refractivity contribution in [2.24, 2.45) is 0 Å². The second kappa shape index (κ2) is 8.99. The third kappa shape index (κ3) is 4.52. The van der Waals surface area contributed by atoms with Gasteiger partial charge in [-0.05, 0) is 67.7 Å². The van der Waals surface area contributed by atoms with E-state index in [1.165, 1.54) is 52.7 Å². The van der Waals surface area contributed by atoms with Gasteiger partial charge in [-0.3, -0.25) is 0 Å². The Kier molecular flexibility index (Phi) is 5.77. The third-order valence-corrected chi connectivity index (χ3v) is 6.68. The summed E-state index contributed by atoms with van der Waals surface area (Å²) < 4.78 is 0. The van der Waals surface area contributed by atoms with E-state index in [0.29, 0.717) is 6.04 Å². The number of hydrogen-bond acceptors (Lipinski definition) is 2. The van der Waals surface area contributed by atoms with Crippen LogP contribution in [0.1, 0.15) is 29.5 Å². The van der Waals surface area contributed by atoms with E-state index in [1.54, 1.807) is 0 Å². The van der Waals surface area contributed by atoms with Crippen molar-refractivity contribution >= 4 is 16.6 Å². The van der Waals surface area contributed by atoms with E-state index in [1.807, 2.05) is 0 Å². The summed E-state index contributed by atoms with van der Waals surface area (Å²) in [4.78, 5) is 8.51. The molecule has 0 unspecified atom stereocenters. The molecule has 3 heteroatoms. The first-order valence-electron chi connectivity index (χ1n) is 11.4. The SMILES string of the molecule is CN1CCC[C@H]1Cc1c[nH]c2ccc(N(Cc3ccccc3)Cc3ccccc3)cc12. The number of aromatic nitrogens is 1. The largest absolute Gasteiger partial charge is 0.363 e. The van der Waals surface area contributed by atoms with Crippen LogP contribution in [0.25, 0.3) is 10.9 Å². The highest BCUT2D eigenvalue weighted by molar-refractivity contribution is 5.86. The first kappa shape index (κ1) is 19.9. The van der Waals surface area contributed by atoms with Gasteiger partial charge in [0.25, 0.3) is 0 Å². The molecule has 2 heterocycles. The lowest BCUT2D eigenvalue weighted by Gasteiger charge is -2.26. The first-order valence-corrected chi connectivity index (χ1v) is 11.4. The molecule has 0 spiro atoms. The van der Waals surface area contributed by atoms with Crippen LogP contribution in [0.15, 0.2) is 85.1 Å². The summed E-state index contributed by atoms with van der Waals surface area (Å²) in [7, 11) is 2.26. The molecule has 1 N–H and O–H groups in total. The molecule has 5 rings (SSSR count). The fraction of sp³-hybridized carbons (Fsp3) is 0.286. The molecule has 1 atom stereocenters. The van der Waals surface area contributed by atoms with Crippen LogP contribution in [0.3, 0.4) is 0 Å². The number of likely N-dealkylation sites (tertiary alicyclic amines) is 1. The van der Waals surface area contributed by atoms with Gasteiger partial charge in [0.05, 0.1) is 0 Å². The van der Waals surface area contributed by atoms with Crippen LogP contribution >= 0.6 is 0 Å². The Morgan fingerprint density at radius 3 is 2.19 bits per heavy atom. The molecular formula is C28H31N3. The van der Waals surface area contributed by atoms with Gasteiger partial charge < -0.3 is 14.8 Å². The third-order valence-electron chi connectivity index (χ3n) is 6.68. The molecule has 0 bridgehead atoms. The van der Waals surface area contributed by atoms with Crippen LogP contribution in [0.2, 0.25) is 0 Å². The van der Waals surface area contributed by atoms with Crippen molar-refractivity contribution in [2.45, 2.75) is 38.4 Å². The van der Waals surface area contributed by atoms with Crippen LogP contribution < -0.4 is 4.90 Å². The zero-order valence-corrected chi connectivity index (χ0v) is 18.3. The van der Waals surface area contributed by atoms with Crippen molar-refractivity contribution in [2.75, 3.05) is 18.5 Å². The van der Waals surface area contributed by atoms with Crippen molar-refractivity contribution in [1.82, 2.24) is 9.88 Å². The van der Waals surface area contributed by atoms with Crippen LogP contribution in [0, 0.1) is 0 Å². The molecule has 31 heavy (non-hydrogen) atoms. The maximum atomic E-state index is 3.51. The van der Waals surface area contributed by atoms with Gasteiger partial charge in [-0.1, -0.05) is 60.7 Å². The Hall–Kier alpha value is -3.04. The zero-order chi connectivity index (χ0) is 21.0. The van der Waals surface area contributed by atoms with Crippen LogP contribution in [0.4, 0.5) is 5.69 Å². The molecule has 3 aromatic carbocycles. The summed E-state index contributed by atoms with van der Waals surface area (Å²) in [6, 6.07) is 29.1. The number of aromatic amines is 1. The highest BCUT2D eigenvalue weighted by Crippen LogP contribution is 2.29. The van der Waals surface area contributed by atoms with Crippen molar-refractivity contribution in [3.8, 4) is 0 Å². The van der Waals surface area contributed by atoms with E-state index < -0.39 is 0 Å². The predicted molar refractivity (Wildman–Crippen MR) is 130 cm³/mol. The summed E-state index contributed by atoms with van der Waals surface area (Å²) in [6.45, 7) is 3.01. The number of H-pyrrole nitrogens is 1. The highest BCUT2D eigenvalue weighted by atomic mass is 15.1. The summed E-state index contributed by atoms with van der Waals surface area (Å²) in [5.74, 6) is 0. The van der Waals surface area contributed by atoms with Crippen molar-refractivity contribution in [3.05, 3.63) is 102 Å². The normalized spacial score (nSPS) is 16.7. The minimum Gasteiger partial charge on any atom is -0.363 e. The molecule has 158 valence electrons. The topological polar surface area (TPSA) is 22.3 Å². The minimum absolute atomic E-state index is 0.660. The summed E-state index contributed by atoms with van der Waals surface area (Å²) >= 11 is 0. The Morgan fingerprint density at radius 2 is 1.58 bits per heavy atom. The second-order valence-corrected chi connectivity index (χ2v) is 8.85. The lowest BCUT2D eigenvalue weighted by molar-refractivity contribution is 0.310. The molecule has 0 aliphatic carbocycles. The molecule has 1 saturated heterocycles. The van der Waals surface area contributed by atoms with Gasteiger partial charge in [-0.15, -0.1) is 0 Å². The number of fused-ring (bicyclic) bond motifs is 1. The molecule has 0 saturated carbocycles. The molecular weight excluding hydrogens is 378 g/mol. The van der Waals surface area contributed by atoms with E-state index in [2.05, 4.69) is 107 Å². The summed E-state index contributed by atoms with van der Waals surface area (Å²) in [6.07, 6.45) is 5.96. The number of anilines is 1. The Labute approximate surface area is 185 Å². The van der Waals surface area contributed by atoms with Gasteiger partial charge in [0.2, 0.25) is 0 Å². The van der Waals surface area contributed by atoms with Gasteiger partial charge in [-0.25, -0.2) is 0 Å². The zero-order valence-electron chi connectivity index (χ0n) is 18.3. The number of likely N-dealkylation sites (N-methyl/N-ethyl adjacent to an activating group) is 1. The van der Waals surface area contributed by atoms with Crippen LogP contribution in [-0.4, -0.2) is 29.5 Å². The molecule has 1 aromatic heterocycles. The Morgan fingerprint density at radius 1 is 0.903 bits per heavy atom. The van der Waals surface area contributed by atoms with Crippen molar-refractivity contribution in [3.63, 3.8) is 0 Å². The van der Waals surface area contributed by atoms with Gasteiger partial charge in [0.15, 0.2) is 0 Å². The highest BCUT2D eigenvalue weighted by Gasteiger charge is 2.22. The van der Waals surface area contributed by atoms with E-state index in [0.717, 1.165) is 19.5 Å². The Balaban J connectivity index is 1.47. The number of benzene rings is 3. The molecule has 0 radical (unpaired) electrons. The Bertz CT molecular complexity index is 1080. The smallest absolute Gasteiger partial charge is 0.0458 e. The lowest BCUT2D eigenvalue weighted by Crippen LogP contribution is -2.26. The summed E-state index contributed by atoms with van der Waals surface area (Å²) in [5.41, 5.74) is 6.62. The number of nitrogens with zero attached hydrogens (tertiary/aromatic N) is 2. The fourth-order valence-electron chi connectivity index (χ4n) is 4.87. The average Bonchev–Trinajstić information content (AvgIpc) is 3.40. The van der Waals surface area contributed by atoms with E-state index in [-0.39, 0.29) is 0 Å². The molecule has 0 amide bonds. The maximum absolute atomic E-state index is 3.51.